The zero-order valence-corrected chi connectivity index (χ0v) is 13.0. The lowest BCUT2D eigenvalue weighted by atomic mass is 10.0. The van der Waals surface area contributed by atoms with Crippen molar-refractivity contribution in [2.24, 2.45) is 0 Å². The molecule has 98 valence electrons. The average Bonchev–Trinajstić information content (AvgIpc) is 2.36. The Kier molecular flexibility index (Phi) is 4.37. The number of rotatable bonds is 3. The number of benzene rings is 2. The van der Waals surface area contributed by atoms with Gasteiger partial charge in [-0.1, -0.05) is 22.0 Å². The second-order valence-corrected chi connectivity index (χ2v) is 5.78. The van der Waals surface area contributed by atoms with E-state index in [1.807, 2.05) is 0 Å². The summed E-state index contributed by atoms with van der Waals surface area (Å²) in [7, 11) is 0. The van der Waals surface area contributed by atoms with Gasteiger partial charge < -0.3 is 5.73 Å². The van der Waals surface area contributed by atoms with Gasteiger partial charge >= 0.3 is 0 Å². The molecule has 0 amide bonds. The van der Waals surface area contributed by atoms with Gasteiger partial charge in [-0.25, -0.2) is 4.39 Å². The minimum absolute atomic E-state index is 0.0481. The van der Waals surface area contributed by atoms with Crippen molar-refractivity contribution in [3.63, 3.8) is 0 Å². The molecule has 0 aliphatic heterocycles. The number of hydrogen-bond donors (Lipinski definition) is 1. The maximum Gasteiger partial charge on any atom is 0.167 e. The van der Waals surface area contributed by atoms with E-state index in [1.165, 1.54) is 12.1 Å². The number of nitrogens with two attached hydrogens (primary N) is 1. The minimum atomic E-state index is -0.335. The molecule has 0 aliphatic carbocycles. The van der Waals surface area contributed by atoms with Crippen molar-refractivity contribution in [1.82, 2.24) is 0 Å². The highest BCUT2D eigenvalue weighted by Gasteiger charge is 2.11. The van der Waals surface area contributed by atoms with Gasteiger partial charge in [-0.05, 0) is 51.8 Å². The Bertz CT molecular complexity index is 643. The number of carbonyl (C=O) groups excluding carboxylic acids is 1. The quantitative estimate of drug-likeness (QED) is 0.629. The summed E-state index contributed by atoms with van der Waals surface area (Å²) in [4.78, 5) is 12.1. The van der Waals surface area contributed by atoms with Crippen LogP contribution >= 0.6 is 31.9 Å². The van der Waals surface area contributed by atoms with Crippen LogP contribution in [0.3, 0.4) is 0 Å². The van der Waals surface area contributed by atoms with E-state index < -0.39 is 0 Å². The molecule has 2 nitrogen and oxygen atoms in total. The molecule has 0 bridgehead atoms. The zero-order chi connectivity index (χ0) is 14.0. The number of halogens is 3. The molecule has 19 heavy (non-hydrogen) atoms. The zero-order valence-electron chi connectivity index (χ0n) is 9.79. The molecule has 0 radical (unpaired) electrons. The van der Waals surface area contributed by atoms with Crippen LogP contribution in [0.15, 0.2) is 45.3 Å². The summed E-state index contributed by atoms with van der Waals surface area (Å²) >= 11 is 6.54. The first-order valence-electron chi connectivity index (χ1n) is 5.49. The van der Waals surface area contributed by atoms with Gasteiger partial charge in [0.25, 0.3) is 0 Å². The third kappa shape index (κ3) is 3.42. The second-order valence-electron chi connectivity index (χ2n) is 4.07. The van der Waals surface area contributed by atoms with Crippen molar-refractivity contribution in [2.75, 3.05) is 5.73 Å². The Hall–Kier alpha value is -1.20. The lowest BCUT2D eigenvalue weighted by molar-refractivity contribution is 0.0992. The summed E-state index contributed by atoms with van der Waals surface area (Å²) in [5.74, 6) is -0.383. The molecule has 2 rings (SSSR count). The molecule has 0 aromatic heterocycles. The van der Waals surface area contributed by atoms with Crippen molar-refractivity contribution in [2.45, 2.75) is 6.42 Å². The van der Waals surface area contributed by atoms with E-state index in [-0.39, 0.29) is 18.0 Å². The highest BCUT2D eigenvalue weighted by Crippen LogP contribution is 2.23. The van der Waals surface area contributed by atoms with E-state index in [9.17, 15) is 9.18 Å². The van der Waals surface area contributed by atoms with E-state index in [4.69, 9.17) is 5.73 Å². The Labute approximate surface area is 127 Å². The molecule has 5 heteroatoms. The molecular formula is C14H10Br2FNO. The Balaban J connectivity index is 2.23. The molecule has 0 fully saturated rings. The Morgan fingerprint density at radius 3 is 2.47 bits per heavy atom. The van der Waals surface area contributed by atoms with Gasteiger partial charge in [-0.2, -0.15) is 0 Å². The van der Waals surface area contributed by atoms with Gasteiger partial charge in [0.2, 0.25) is 0 Å². The molecule has 0 spiro atoms. The number of hydrogen-bond acceptors (Lipinski definition) is 2. The Morgan fingerprint density at radius 1 is 1.11 bits per heavy atom. The predicted molar refractivity (Wildman–Crippen MR) is 80.7 cm³/mol. The van der Waals surface area contributed by atoms with Crippen LogP contribution in [0.2, 0.25) is 0 Å². The van der Waals surface area contributed by atoms with Crippen LogP contribution in [0.25, 0.3) is 0 Å². The van der Waals surface area contributed by atoms with E-state index in [2.05, 4.69) is 31.9 Å². The fourth-order valence-corrected chi connectivity index (χ4v) is 2.51. The Morgan fingerprint density at radius 2 is 1.84 bits per heavy atom. The fraction of sp³-hybridized carbons (Fsp3) is 0.0714. The molecule has 0 heterocycles. The van der Waals surface area contributed by atoms with Crippen LogP contribution in [-0.2, 0) is 6.42 Å². The van der Waals surface area contributed by atoms with Gasteiger partial charge in [0.15, 0.2) is 5.78 Å². The monoisotopic (exact) mass is 385 g/mol. The highest BCUT2D eigenvalue weighted by atomic mass is 79.9. The van der Waals surface area contributed by atoms with Gasteiger partial charge in [0, 0.05) is 26.6 Å². The van der Waals surface area contributed by atoms with Gasteiger partial charge in [0.05, 0.1) is 0 Å². The third-order valence-electron chi connectivity index (χ3n) is 2.69. The van der Waals surface area contributed by atoms with Crippen molar-refractivity contribution in [3.05, 3.63) is 62.3 Å². The second kappa shape index (κ2) is 5.84. The first kappa shape index (κ1) is 14.2. The topological polar surface area (TPSA) is 43.1 Å². The molecule has 2 aromatic carbocycles. The van der Waals surface area contributed by atoms with E-state index in [0.29, 0.717) is 20.2 Å². The van der Waals surface area contributed by atoms with Crippen molar-refractivity contribution in [3.8, 4) is 0 Å². The number of carbonyl (C=O) groups is 1. The summed E-state index contributed by atoms with van der Waals surface area (Å²) in [5.41, 5.74) is 7.57. The first-order chi connectivity index (χ1) is 8.97. The van der Waals surface area contributed by atoms with Crippen LogP contribution < -0.4 is 5.73 Å². The summed E-state index contributed by atoms with van der Waals surface area (Å²) < 4.78 is 14.3. The number of nitrogen functional groups attached to an aromatic ring is 1. The largest absolute Gasteiger partial charge is 0.398 e. The molecule has 0 saturated carbocycles. The van der Waals surface area contributed by atoms with Crippen molar-refractivity contribution < 1.29 is 9.18 Å². The van der Waals surface area contributed by atoms with Crippen molar-refractivity contribution in [1.29, 1.82) is 0 Å². The maximum atomic E-state index is 13.0. The summed E-state index contributed by atoms with van der Waals surface area (Å²) in [6.07, 6.45) is 0.206. The SMILES string of the molecule is Nc1ccc(C(=O)Cc2ccc(F)cc2Br)cc1Br. The summed E-state index contributed by atoms with van der Waals surface area (Å²) in [5, 5.41) is 0. The molecular weight excluding hydrogens is 377 g/mol. The molecule has 0 unspecified atom stereocenters. The highest BCUT2D eigenvalue weighted by molar-refractivity contribution is 9.10. The fourth-order valence-electron chi connectivity index (χ4n) is 1.64. The first-order valence-corrected chi connectivity index (χ1v) is 7.08. The molecule has 0 saturated heterocycles. The summed E-state index contributed by atoms with van der Waals surface area (Å²) in [6.45, 7) is 0. The van der Waals surface area contributed by atoms with Crippen molar-refractivity contribution >= 4 is 43.3 Å². The lowest BCUT2D eigenvalue weighted by Crippen LogP contribution is -2.05. The minimum Gasteiger partial charge on any atom is -0.398 e. The normalized spacial score (nSPS) is 10.5. The van der Waals surface area contributed by atoms with Crippen LogP contribution in [0.5, 0.6) is 0 Å². The van der Waals surface area contributed by atoms with Gasteiger partial charge in [-0.15, -0.1) is 0 Å². The van der Waals surface area contributed by atoms with Gasteiger partial charge in [0.1, 0.15) is 5.82 Å². The van der Waals surface area contributed by atoms with Crippen LogP contribution in [0, 0.1) is 5.82 Å². The smallest absolute Gasteiger partial charge is 0.167 e. The van der Waals surface area contributed by atoms with Crippen LogP contribution in [-0.4, -0.2) is 5.78 Å². The number of Topliss-reactive ketones (excluding diaryl/α,β-unsaturated/α-hetero) is 1. The van der Waals surface area contributed by atoms with E-state index in [0.717, 1.165) is 5.56 Å². The van der Waals surface area contributed by atoms with Gasteiger partial charge in [-0.3, -0.25) is 4.79 Å². The molecule has 2 aromatic rings. The van der Waals surface area contributed by atoms with Crippen LogP contribution in [0.4, 0.5) is 10.1 Å². The number of ketones is 1. The maximum absolute atomic E-state index is 13.0. The predicted octanol–water partition coefficient (Wildman–Crippen LogP) is 4.36. The third-order valence-corrected chi connectivity index (χ3v) is 4.11. The molecule has 0 atom stereocenters. The number of anilines is 1. The summed E-state index contributed by atoms with van der Waals surface area (Å²) in [6, 6.07) is 9.34. The standard InChI is InChI=1S/C14H10Br2FNO/c15-11-7-10(17)3-1-8(11)6-14(19)9-2-4-13(18)12(16)5-9/h1-5,7H,6,18H2. The van der Waals surface area contributed by atoms with E-state index in [1.54, 1.807) is 24.3 Å². The molecule has 0 aliphatic rings. The lowest BCUT2D eigenvalue weighted by Gasteiger charge is -2.06. The average molecular weight is 387 g/mol. The van der Waals surface area contributed by atoms with Crippen LogP contribution in [0.1, 0.15) is 15.9 Å². The molecule has 2 N–H and O–H groups in total. The van der Waals surface area contributed by atoms with E-state index >= 15 is 0 Å².